The molecule has 0 radical (unpaired) electrons. The quantitative estimate of drug-likeness (QED) is 0.867. The summed E-state index contributed by atoms with van der Waals surface area (Å²) in [6, 6.07) is 6.03. The van der Waals surface area contributed by atoms with Crippen molar-refractivity contribution < 1.29 is 9.59 Å². The van der Waals surface area contributed by atoms with E-state index >= 15 is 0 Å². The predicted molar refractivity (Wildman–Crippen MR) is 88.2 cm³/mol. The minimum absolute atomic E-state index is 0.000477. The Hall–Kier alpha value is -1.84. The van der Waals surface area contributed by atoms with Crippen molar-refractivity contribution >= 4 is 11.8 Å². The molecular weight excluding hydrogens is 276 g/mol. The van der Waals surface area contributed by atoms with Gasteiger partial charge in [-0.2, -0.15) is 0 Å². The Morgan fingerprint density at radius 1 is 1.23 bits per heavy atom. The van der Waals surface area contributed by atoms with Gasteiger partial charge in [0.2, 0.25) is 0 Å². The molecule has 1 aliphatic heterocycles. The molecule has 1 aliphatic rings. The van der Waals surface area contributed by atoms with Gasteiger partial charge < -0.3 is 10.2 Å². The Balaban J connectivity index is 1.95. The number of hydrogen-bond acceptors (Lipinski definition) is 2. The Morgan fingerprint density at radius 2 is 1.91 bits per heavy atom. The minimum atomic E-state index is -0.000477. The normalized spacial score (nSPS) is 15.7. The highest BCUT2D eigenvalue weighted by Crippen LogP contribution is 2.24. The first-order chi connectivity index (χ1) is 10.5. The summed E-state index contributed by atoms with van der Waals surface area (Å²) in [7, 11) is 0. The number of likely N-dealkylation sites (tertiary alicyclic amines) is 1. The van der Waals surface area contributed by atoms with Crippen LogP contribution in [0.4, 0.5) is 4.79 Å². The van der Waals surface area contributed by atoms with Gasteiger partial charge in [0.1, 0.15) is 0 Å². The monoisotopic (exact) mass is 302 g/mol. The number of piperidine rings is 1. The largest absolute Gasteiger partial charge is 0.338 e. The second-order valence-corrected chi connectivity index (χ2v) is 6.18. The van der Waals surface area contributed by atoms with Crippen molar-refractivity contribution in [1.82, 2.24) is 10.2 Å². The van der Waals surface area contributed by atoms with E-state index < -0.39 is 0 Å². The van der Waals surface area contributed by atoms with Gasteiger partial charge in [-0.3, -0.25) is 4.79 Å². The van der Waals surface area contributed by atoms with Crippen molar-refractivity contribution in [2.75, 3.05) is 19.6 Å². The van der Waals surface area contributed by atoms with Crippen LogP contribution in [0.25, 0.3) is 0 Å². The highest BCUT2D eigenvalue weighted by Gasteiger charge is 2.28. The van der Waals surface area contributed by atoms with Gasteiger partial charge in [-0.25, -0.2) is 4.79 Å². The minimum Gasteiger partial charge on any atom is -0.338 e. The summed E-state index contributed by atoms with van der Waals surface area (Å²) >= 11 is 0. The SMILES string of the molecule is CCCNC(=O)N1CCC(C(=O)c2cc(C)ccc2C)CC1. The second kappa shape index (κ2) is 7.43. The van der Waals surface area contributed by atoms with E-state index in [0.717, 1.165) is 36.0 Å². The van der Waals surface area contributed by atoms with Crippen LogP contribution in [-0.4, -0.2) is 36.3 Å². The fraction of sp³-hybridized carbons (Fsp3) is 0.556. The number of amides is 2. The first-order valence-corrected chi connectivity index (χ1v) is 8.17. The standard InChI is InChI=1S/C18H26N2O2/c1-4-9-19-18(22)20-10-7-15(8-11-20)17(21)16-12-13(2)5-6-14(16)3/h5-6,12,15H,4,7-11H2,1-3H3,(H,19,22). The number of Topliss-reactive ketones (excluding diaryl/α,β-unsaturated/α-hetero) is 1. The lowest BCUT2D eigenvalue weighted by Crippen LogP contribution is -2.45. The fourth-order valence-corrected chi connectivity index (χ4v) is 2.91. The number of nitrogens with zero attached hydrogens (tertiary/aromatic N) is 1. The van der Waals surface area contributed by atoms with Gasteiger partial charge in [-0.1, -0.05) is 24.6 Å². The van der Waals surface area contributed by atoms with Crippen molar-refractivity contribution in [3.05, 3.63) is 34.9 Å². The van der Waals surface area contributed by atoms with E-state index in [1.807, 2.05) is 43.9 Å². The number of ketones is 1. The lowest BCUT2D eigenvalue weighted by molar-refractivity contribution is 0.0854. The van der Waals surface area contributed by atoms with Crippen LogP contribution in [-0.2, 0) is 0 Å². The molecule has 1 saturated heterocycles. The number of carbonyl (C=O) groups excluding carboxylic acids is 2. The summed E-state index contributed by atoms with van der Waals surface area (Å²) in [5.74, 6) is 0.269. The molecule has 0 aliphatic carbocycles. The zero-order chi connectivity index (χ0) is 16.1. The number of nitrogens with one attached hydrogen (secondary N) is 1. The molecule has 0 unspecified atom stereocenters. The van der Waals surface area contributed by atoms with E-state index in [1.54, 1.807) is 0 Å². The fourth-order valence-electron chi connectivity index (χ4n) is 2.91. The Bertz CT molecular complexity index is 546. The lowest BCUT2D eigenvalue weighted by atomic mass is 9.87. The van der Waals surface area contributed by atoms with Crippen molar-refractivity contribution in [2.45, 2.75) is 40.0 Å². The van der Waals surface area contributed by atoms with E-state index in [0.29, 0.717) is 19.6 Å². The van der Waals surface area contributed by atoms with Crippen LogP contribution in [0.2, 0.25) is 0 Å². The number of urea groups is 1. The average Bonchev–Trinajstić information content (AvgIpc) is 2.54. The molecule has 4 nitrogen and oxygen atoms in total. The molecular formula is C18H26N2O2. The lowest BCUT2D eigenvalue weighted by Gasteiger charge is -2.31. The van der Waals surface area contributed by atoms with Crippen LogP contribution in [0.5, 0.6) is 0 Å². The van der Waals surface area contributed by atoms with E-state index in [-0.39, 0.29) is 17.7 Å². The maximum Gasteiger partial charge on any atom is 0.317 e. The molecule has 0 spiro atoms. The summed E-state index contributed by atoms with van der Waals surface area (Å²) < 4.78 is 0. The highest BCUT2D eigenvalue weighted by atomic mass is 16.2. The molecule has 0 atom stereocenters. The molecule has 1 aromatic rings. The van der Waals surface area contributed by atoms with E-state index in [4.69, 9.17) is 0 Å². The molecule has 0 aromatic heterocycles. The average molecular weight is 302 g/mol. The van der Waals surface area contributed by atoms with Gasteiger partial charge in [0.05, 0.1) is 0 Å². The predicted octanol–water partition coefficient (Wildman–Crippen LogP) is 3.32. The third-order valence-electron chi connectivity index (χ3n) is 4.34. The van der Waals surface area contributed by atoms with Crippen molar-refractivity contribution in [3.63, 3.8) is 0 Å². The number of aryl methyl sites for hydroxylation is 2. The molecule has 1 fully saturated rings. The molecule has 0 saturated carbocycles. The molecule has 1 aromatic carbocycles. The van der Waals surface area contributed by atoms with Crippen LogP contribution in [0.3, 0.4) is 0 Å². The smallest absolute Gasteiger partial charge is 0.317 e. The van der Waals surface area contributed by atoms with Gasteiger partial charge in [0, 0.05) is 31.1 Å². The van der Waals surface area contributed by atoms with Crippen LogP contribution >= 0.6 is 0 Å². The molecule has 2 amide bonds. The van der Waals surface area contributed by atoms with Crippen molar-refractivity contribution in [2.24, 2.45) is 5.92 Å². The first-order valence-electron chi connectivity index (χ1n) is 8.17. The molecule has 1 heterocycles. The molecule has 22 heavy (non-hydrogen) atoms. The molecule has 0 bridgehead atoms. The number of carbonyl (C=O) groups is 2. The molecule has 4 heteroatoms. The van der Waals surface area contributed by atoms with Crippen LogP contribution in [0.15, 0.2) is 18.2 Å². The van der Waals surface area contributed by atoms with Gasteiger partial charge in [0.15, 0.2) is 5.78 Å². The van der Waals surface area contributed by atoms with E-state index in [2.05, 4.69) is 5.32 Å². The summed E-state index contributed by atoms with van der Waals surface area (Å²) in [6.45, 7) is 8.07. The van der Waals surface area contributed by atoms with E-state index in [9.17, 15) is 9.59 Å². The third-order valence-corrected chi connectivity index (χ3v) is 4.34. The Morgan fingerprint density at radius 3 is 2.55 bits per heavy atom. The van der Waals surface area contributed by atoms with Crippen LogP contribution in [0.1, 0.15) is 47.7 Å². The number of hydrogen-bond donors (Lipinski definition) is 1. The Labute approximate surface area is 132 Å². The topological polar surface area (TPSA) is 49.4 Å². The van der Waals surface area contributed by atoms with Gasteiger partial charge in [-0.05, 0) is 44.7 Å². The van der Waals surface area contributed by atoms with Crippen LogP contribution in [0, 0.1) is 19.8 Å². The Kier molecular flexibility index (Phi) is 5.58. The number of benzene rings is 1. The van der Waals surface area contributed by atoms with Crippen molar-refractivity contribution in [3.8, 4) is 0 Å². The van der Waals surface area contributed by atoms with Crippen LogP contribution < -0.4 is 5.32 Å². The van der Waals surface area contributed by atoms with Gasteiger partial charge in [0.25, 0.3) is 0 Å². The zero-order valence-electron chi connectivity index (χ0n) is 13.8. The highest BCUT2D eigenvalue weighted by molar-refractivity contribution is 5.99. The summed E-state index contributed by atoms with van der Waals surface area (Å²) in [5, 5.41) is 2.90. The number of rotatable bonds is 4. The summed E-state index contributed by atoms with van der Waals surface area (Å²) in [4.78, 5) is 26.5. The molecule has 1 N–H and O–H groups in total. The first kappa shape index (κ1) is 16.5. The maximum atomic E-state index is 12.7. The summed E-state index contributed by atoms with van der Waals surface area (Å²) in [6.07, 6.45) is 2.45. The molecule has 120 valence electrons. The van der Waals surface area contributed by atoms with Gasteiger partial charge >= 0.3 is 6.03 Å². The van der Waals surface area contributed by atoms with Crippen molar-refractivity contribution in [1.29, 1.82) is 0 Å². The van der Waals surface area contributed by atoms with E-state index in [1.165, 1.54) is 0 Å². The molecule has 2 rings (SSSR count). The third kappa shape index (κ3) is 3.87. The van der Waals surface area contributed by atoms with Gasteiger partial charge in [-0.15, -0.1) is 0 Å². The zero-order valence-corrected chi connectivity index (χ0v) is 13.8. The second-order valence-electron chi connectivity index (χ2n) is 6.18. The summed E-state index contributed by atoms with van der Waals surface area (Å²) in [5.41, 5.74) is 3.00. The maximum absolute atomic E-state index is 12.7.